The van der Waals surface area contributed by atoms with Gasteiger partial charge in [-0.15, -0.1) is 0 Å². The first-order valence-electron chi connectivity index (χ1n) is 8.16. The average molecular weight is 428 g/mol. The predicted octanol–water partition coefficient (Wildman–Crippen LogP) is 0.130. The van der Waals surface area contributed by atoms with Crippen LogP contribution in [0.5, 0.6) is 0 Å². The van der Waals surface area contributed by atoms with Crippen LogP contribution < -0.4 is 24.8 Å². The zero-order chi connectivity index (χ0) is 15.0. The largest absolute Gasteiger partial charge is 1.00 e. The minimum atomic E-state index is -1.60. The fourth-order valence-corrected chi connectivity index (χ4v) is 11.9. The van der Waals surface area contributed by atoms with Crippen LogP contribution in [0.1, 0.15) is 48.4 Å². The average Bonchev–Trinajstić information content (AvgIpc) is 3.09. The van der Waals surface area contributed by atoms with Gasteiger partial charge in [0, 0.05) is 0 Å². The molecule has 2 aliphatic carbocycles. The second kappa shape index (κ2) is 8.84. The van der Waals surface area contributed by atoms with E-state index < -0.39 is 21.8 Å². The Hall–Kier alpha value is -0.0969. The summed E-state index contributed by atoms with van der Waals surface area (Å²) in [6.45, 7) is 9.35. The molecule has 3 rings (SSSR count). The van der Waals surface area contributed by atoms with Gasteiger partial charge in [0.15, 0.2) is 0 Å². The number of rotatable bonds is 4. The van der Waals surface area contributed by atoms with Gasteiger partial charge in [-0.1, -0.05) is 0 Å². The summed E-state index contributed by atoms with van der Waals surface area (Å²) in [6, 6.07) is 4.60. The maximum atomic E-state index is 2.59. The van der Waals surface area contributed by atoms with Crippen molar-refractivity contribution in [1.82, 2.24) is 0 Å². The third-order valence-corrected chi connectivity index (χ3v) is 13.7. The molecule has 0 nitrogen and oxygen atoms in total. The molecule has 0 saturated heterocycles. The van der Waals surface area contributed by atoms with Crippen LogP contribution in [0.3, 0.4) is 0 Å². The van der Waals surface area contributed by atoms with Gasteiger partial charge in [0.2, 0.25) is 0 Å². The molecule has 1 aromatic carbocycles. The fraction of sp³-hybridized carbons (Fsp3) is 0.400. The smallest absolute Gasteiger partial charge is 1.00 e. The number of hydrogen-bond acceptors (Lipinski definition) is 0. The Labute approximate surface area is 161 Å². The van der Waals surface area contributed by atoms with Crippen LogP contribution in [0.25, 0.3) is 6.08 Å². The molecule has 0 aromatic heterocycles. The number of benzene rings is 1. The van der Waals surface area contributed by atoms with Crippen molar-refractivity contribution in [1.29, 1.82) is 0 Å². The van der Waals surface area contributed by atoms with Crippen LogP contribution >= 0.6 is 0 Å². The minimum absolute atomic E-state index is 0. The summed E-state index contributed by atoms with van der Waals surface area (Å²) in [4.78, 5) is 0. The molecule has 1 aromatic rings. The van der Waals surface area contributed by atoms with E-state index in [0.29, 0.717) is 5.92 Å². The molecular weight excluding hydrogens is 402 g/mol. The molecule has 1 atom stereocenters. The monoisotopic (exact) mass is 425 g/mol. The first-order valence-corrected chi connectivity index (χ1v) is 12.5. The Kier molecular flexibility index (Phi) is 8.05. The molecule has 0 radical (unpaired) electrons. The Balaban J connectivity index is 0.00000132. The van der Waals surface area contributed by atoms with Gasteiger partial charge in [0.1, 0.15) is 0 Å². The third kappa shape index (κ3) is 3.94. The summed E-state index contributed by atoms with van der Waals surface area (Å²) < 4.78 is 4.10. The van der Waals surface area contributed by atoms with Crippen molar-refractivity contribution >= 4 is 6.08 Å². The van der Waals surface area contributed by atoms with Crippen molar-refractivity contribution in [3.63, 3.8) is 0 Å². The molecule has 0 N–H and O–H groups in total. The van der Waals surface area contributed by atoms with E-state index in [1.807, 2.05) is 3.28 Å². The molecule has 0 saturated carbocycles. The quantitative estimate of drug-likeness (QED) is 0.641. The molecule has 0 fully saturated rings. The molecule has 123 valence electrons. The topological polar surface area (TPSA) is 0 Å². The second-order valence-corrected chi connectivity index (χ2v) is 13.3. The Morgan fingerprint density at radius 2 is 1.61 bits per heavy atom. The van der Waals surface area contributed by atoms with E-state index in [2.05, 4.69) is 70.2 Å². The molecule has 23 heavy (non-hydrogen) atoms. The van der Waals surface area contributed by atoms with E-state index in [1.54, 1.807) is 5.56 Å². The predicted molar refractivity (Wildman–Crippen MR) is 89.4 cm³/mol. The molecule has 0 bridgehead atoms. The maximum Gasteiger partial charge on any atom is -1.00 e. The van der Waals surface area contributed by atoms with Crippen LogP contribution in [0.2, 0.25) is 7.75 Å². The van der Waals surface area contributed by atoms with Gasteiger partial charge >= 0.3 is 138 Å². The van der Waals surface area contributed by atoms with Gasteiger partial charge in [-0.25, -0.2) is 0 Å². The van der Waals surface area contributed by atoms with Crippen LogP contribution in [0.15, 0.2) is 39.7 Å². The Morgan fingerprint density at radius 1 is 1.00 bits per heavy atom. The van der Waals surface area contributed by atoms with E-state index in [-0.39, 0.29) is 24.8 Å². The van der Waals surface area contributed by atoms with Crippen molar-refractivity contribution in [2.45, 2.75) is 47.8 Å². The zero-order valence-corrected chi connectivity index (χ0v) is 18.3. The first-order chi connectivity index (χ1) is 10.1. The zero-order valence-electron chi connectivity index (χ0n) is 14.4. The summed E-state index contributed by atoms with van der Waals surface area (Å²) >= 11 is -1.60. The van der Waals surface area contributed by atoms with Gasteiger partial charge in [0.25, 0.3) is 0 Å². The van der Waals surface area contributed by atoms with Gasteiger partial charge in [-0.3, -0.25) is 0 Å². The van der Waals surface area contributed by atoms with E-state index in [9.17, 15) is 0 Å². The van der Waals surface area contributed by atoms with Gasteiger partial charge in [0.05, 0.1) is 0 Å². The van der Waals surface area contributed by atoms with Gasteiger partial charge in [-0.05, 0) is 0 Å². The first kappa shape index (κ1) is 20.9. The summed E-state index contributed by atoms with van der Waals surface area (Å²) in [5, 5.41) is 0. The van der Waals surface area contributed by atoms with Crippen molar-refractivity contribution in [3.05, 3.63) is 62.0 Å². The number of fused-ring (bicyclic) bond motifs is 1. The van der Waals surface area contributed by atoms with Gasteiger partial charge < -0.3 is 24.8 Å². The van der Waals surface area contributed by atoms with Crippen LogP contribution in [0.4, 0.5) is 0 Å². The number of halogens is 2. The standard InChI is InChI=1S/C12H13.C5H5.C3H7.2ClH.Zr/c1-8-4-5-9(2)12-10(3)6-7-11(8)12;1-2-4-5-3-1;1-3-2;;;/h4-5,7,10H,1-3H3;1-5H;1,3H2,2H3;2*1H;/q;;;;;+2/p-2. The molecule has 0 aliphatic heterocycles. The summed E-state index contributed by atoms with van der Waals surface area (Å²) in [6.07, 6.45) is 13.4. The van der Waals surface area contributed by atoms with Gasteiger partial charge in [-0.2, -0.15) is 0 Å². The van der Waals surface area contributed by atoms with E-state index >= 15 is 0 Å². The second-order valence-electron chi connectivity index (χ2n) is 6.42. The maximum absolute atomic E-state index is 2.59. The van der Waals surface area contributed by atoms with Crippen LogP contribution in [-0.4, -0.2) is 0 Å². The minimum Gasteiger partial charge on any atom is -1.00 e. The fourth-order valence-electron chi connectivity index (χ4n) is 3.86. The van der Waals surface area contributed by atoms with Crippen molar-refractivity contribution < 1.29 is 46.6 Å². The molecule has 0 spiro atoms. The summed E-state index contributed by atoms with van der Waals surface area (Å²) in [7, 11) is 0. The normalized spacial score (nSPS) is 18.3. The molecular formula is C20H25Cl2Zr. The van der Waals surface area contributed by atoms with E-state index in [0.717, 1.165) is 3.63 Å². The van der Waals surface area contributed by atoms with Crippen molar-refractivity contribution in [2.75, 3.05) is 0 Å². The molecule has 2 aliphatic rings. The molecule has 1 unspecified atom stereocenters. The molecule has 3 heteroatoms. The number of aryl methyl sites for hydroxylation is 2. The van der Waals surface area contributed by atoms with E-state index in [4.69, 9.17) is 0 Å². The Bertz CT molecular complexity index is 631. The molecule has 0 heterocycles. The summed E-state index contributed by atoms with van der Waals surface area (Å²) in [5.74, 6) is 0.656. The summed E-state index contributed by atoms with van der Waals surface area (Å²) in [5.41, 5.74) is 6.09. The van der Waals surface area contributed by atoms with Crippen molar-refractivity contribution in [3.8, 4) is 0 Å². The third-order valence-electron chi connectivity index (χ3n) is 4.96. The number of allylic oxidation sites excluding steroid dienone is 5. The van der Waals surface area contributed by atoms with Crippen molar-refractivity contribution in [2.24, 2.45) is 0 Å². The Morgan fingerprint density at radius 3 is 2.17 bits per heavy atom. The molecule has 0 amide bonds. The van der Waals surface area contributed by atoms with E-state index in [1.165, 1.54) is 27.2 Å². The van der Waals surface area contributed by atoms with Crippen LogP contribution in [0, 0.1) is 13.8 Å². The van der Waals surface area contributed by atoms with Crippen LogP contribution in [-0.2, 0) is 21.8 Å². The SMILES string of the molecule is CC[CH2][Zr+2]([C]1=Cc2c(C)ccc(C)c2C1C)[CH]1C=CC=C1.[Cl-].[Cl-]. The number of hydrogen-bond donors (Lipinski definition) is 0.